The lowest BCUT2D eigenvalue weighted by atomic mass is 10.1. The monoisotopic (exact) mass is 299 g/mol. The van der Waals surface area contributed by atoms with Crippen LogP contribution in [0, 0.1) is 0 Å². The zero-order valence-electron chi connectivity index (χ0n) is 11.7. The summed E-state index contributed by atoms with van der Waals surface area (Å²) in [5.41, 5.74) is 7.19. The first-order valence-electron chi connectivity index (χ1n) is 6.72. The Morgan fingerprint density at radius 1 is 1.45 bits per heavy atom. The van der Waals surface area contributed by atoms with Gasteiger partial charge in [-0.15, -0.1) is 0 Å². The van der Waals surface area contributed by atoms with E-state index in [9.17, 15) is 8.42 Å². The topological polar surface area (TPSA) is 78.6 Å². The van der Waals surface area contributed by atoms with E-state index in [4.69, 9.17) is 15.2 Å². The maximum absolute atomic E-state index is 12.2. The molecule has 1 atom stereocenters. The van der Waals surface area contributed by atoms with Gasteiger partial charge in [0, 0.05) is 18.7 Å². The number of benzene rings is 1. The standard InChI is InChI=1S/C14H21NO4S/c1-18-14-7-11(4-5-12(14)8-15)9-20(16,17)10-13-3-2-6-19-13/h4-5,7,13H,2-3,6,8-10,15H2,1H3. The highest BCUT2D eigenvalue weighted by Crippen LogP contribution is 2.22. The van der Waals surface area contributed by atoms with Gasteiger partial charge in [0.15, 0.2) is 9.84 Å². The van der Waals surface area contributed by atoms with Gasteiger partial charge in [-0.25, -0.2) is 8.42 Å². The van der Waals surface area contributed by atoms with Gasteiger partial charge in [0.25, 0.3) is 0 Å². The van der Waals surface area contributed by atoms with Crippen LogP contribution in [-0.2, 0) is 26.9 Å². The Kier molecular flexibility index (Phi) is 5.01. The second-order valence-electron chi connectivity index (χ2n) is 5.04. The maximum atomic E-state index is 12.2. The first kappa shape index (κ1) is 15.3. The van der Waals surface area contributed by atoms with Gasteiger partial charge in [-0.3, -0.25) is 0 Å². The average molecular weight is 299 g/mol. The van der Waals surface area contributed by atoms with Crippen molar-refractivity contribution in [1.82, 2.24) is 0 Å². The fourth-order valence-corrected chi connectivity index (χ4v) is 4.05. The Hall–Kier alpha value is -1.11. The highest BCUT2D eigenvalue weighted by Gasteiger charge is 2.23. The Morgan fingerprint density at radius 3 is 2.85 bits per heavy atom. The fourth-order valence-electron chi connectivity index (χ4n) is 2.42. The van der Waals surface area contributed by atoms with Crippen LogP contribution in [-0.4, -0.2) is 34.0 Å². The minimum absolute atomic E-state index is 0.00801. The summed E-state index contributed by atoms with van der Waals surface area (Å²) in [6, 6.07) is 5.35. The molecule has 1 heterocycles. The summed E-state index contributed by atoms with van der Waals surface area (Å²) >= 11 is 0. The van der Waals surface area contributed by atoms with Gasteiger partial charge in [-0.05, 0) is 24.5 Å². The summed E-state index contributed by atoms with van der Waals surface area (Å²) in [5, 5.41) is 0. The van der Waals surface area contributed by atoms with Crippen LogP contribution in [0.4, 0.5) is 0 Å². The molecule has 6 heteroatoms. The molecule has 5 nitrogen and oxygen atoms in total. The van der Waals surface area contributed by atoms with Gasteiger partial charge in [0.05, 0.1) is 24.7 Å². The van der Waals surface area contributed by atoms with E-state index in [0.717, 1.165) is 24.0 Å². The molecule has 1 saturated heterocycles. The summed E-state index contributed by atoms with van der Waals surface area (Å²) in [7, 11) is -1.62. The van der Waals surface area contributed by atoms with Crippen LogP contribution in [0.2, 0.25) is 0 Å². The number of sulfone groups is 1. The molecular formula is C14H21NO4S. The van der Waals surface area contributed by atoms with Crippen LogP contribution in [0.5, 0.6) is 5.75 Å². The van der Waals surface area contributed by atoms with E-state index in [1.807, 2.05) is 6.07 Å². The largest absolute Gasteiger partial charge is 0.496 e. The number of ether oxygens (including phenoxy) is 2. The smallest absolute Gasteiger partial charge is 0.156 e. The first-order chi connectivity index (χ1) is 9.54. The predicted octanol–water partition coefficient (Wildman–Crippen LogP) is 1.25. The quantitative estimate of drug-likeness (QED) is 0.855. The van der Waals surface area contributed by atoms with Crippen molar-refractivity contribution >= 4 is 9.84 Å². The molecule has 2 N–H and O–H groups in total. The van der Waals surface area contributed by atoms with E-state index in [0.29, 0.717) is 18.9 Å². The molecule has 0 aliphatic carbocycles. The third kappa shape index (κ3) is 3.94. The van der Waals surface area contributed by atoms with Gasteiger partial charge in [-0.2, -0.15) is 0 Å². The Bertz CT molecular complexity index is 550. The fraction of sp³-hybridized carbons (Fsp3) is 0.571. The van der Waals surface area contributed by atoms with E-state index in [2.05, 4.69) is 0 Å². The highest BCUT2D eigenvalue weighted by atomic mass is 32.2. The molecule has 1 aromatic rings. The average Bonchev–Trinajstić information content (AvgIpc) is 2.90. The van der Waals surface area contributed by atoms with Gasteiger partial charge in [0.1, 0.15) is 5.75 Å². The molecule has 0 aromatic heterocycles. The molecule has 1 unspecified atom stereocenters. The van der Waals surface area contributed by atoms with Crippen LogP contribution in [0.1, 0.15) is 24.0 Å². The number of nitrogens with two attached hydrogens (primary N) is 1. The van der Waals surface area contributed by atoms with Crippen LogP contribution in [0.15, 0.2) is 18.2 Å². The van der Waals surface area contributed by atoms with Crippen molar-refractivity contribution in [3.05, 3.63) is 29.3 Å². The molecule has 2 rings (SSSR count). The highest BCUT2D eigenvalue weighted by molar-refractivity contribution is 7.90. The minimum atomic E-state index is -3.17. The van der Waals surface area contributed by atoms with Crippen molar-refractivity contribution in [2.45, 2.75) is 31.2 Å². The SMILES string of the molecule is COc1cc(CS(=O)(=O)CC2CCCO2)ccc1CN. The molecule has 0 amide bonds. The summed E-state index contributed by atoms with van der Waals surface area (Å²) in [6.07, 6.45) is 1.62. The first-order valence-corrected chi connectivity index (χ1v) is 8.54. The van der Waals surface area contributed by atoms with E-state index in [1.54, 1.807) is 19.2 Å². The van der Waals surface area contributed by atoms with Crippen molar-refractivity contribution in [2.24, 2.45) is 5.73 Å². The lowest BCUT2D eigenvalue weighted by Gasteiger charge is -2.12. The second-order valence-corrected chi connectivity index (χ2v) is 7.15. The second kappa shape index (κ2) is 6.56. The van der Waals surface area contributed by atoms with Gasteiger partial charge in [0.2, 0.25) is 0 Å². The van der Waals surface area contributed by atoms with Crippen LogP contribution in [0.25, 0.3) is 0 Å². The van der Waals surface area contributed by atoms with Crippen molar-refractivity contribution in [3.8, 4) is 5.75 Å². The Labute approximate surface area is 120 Å². The molecule has 20 heavy (non-hydrogen) atoms. The van der Waals surface area contributed by atoms with E-state index in [-0.39, 0.29) is 17.6 Å². The predicted molar refractivity (Wildman–Crippen MR) is 77.4 cm³/mol. The minimum Gasteiger partial charge on any atom is -0.496 e. The van der Waals surface area contributed by atoms with Crippen molar-refractivity contribution in [1.29, 1.82) is 0 Å². The maximum Gasteiger partial charge on any atom is 0.156 e. The van der Waals surface area contributed by atoms with Gasteiger partial charge < -0.3 is 15.2 Å². The number of rotatable bonds is 6. The molecule has 0 radical (unpaired) electrons. The van der Waals surface area contributed by atoms with E-state index in [1.165, 1.54) is 0 Å². The van der Waals surface area contributed by atoms with Crippen molar-refractivity contribution in [2.75, 3.05) is 19.5 Å². The van der Waals surface area contributed by atoms with Crippen molar-refractivity contribution < 1.29 is 17.9 Å². The van der Waals surface area contributed by atoms with Crippen LogP contribution >= 0.6 is 0 Å². The summed E-state index contributed by atoms with van der Waals surface area (Å²) in [4.78, 5) is 0. The summed E-state index contributed by atoms with van der Waals surface area (Å²) in [5.74, 6) is 0.736. The third-order valence-corrected chi connectivity index (χ3v) is 5.07. The molecule has 1 aliphatic heterocycles. The number of hydrogen-bond donors (Lipinski definition) is 1. The molecule has 0 saturated carbocycles. The molecule has 0 spiro atoms. The number of hydrogen-bond acceptors (Lipinski definition) is 5. The molecule has 0 bridgehead atoms. The molecule has 1 aromatic carbocycles. The van der Waals surface area contributed by atoms with Crippen LogP contribution < -0.4 is 10.5 Å². The normalized spacial score (nSPS) is 19.2. The van der Waals surface area contributed by atoms with Crippen molar-refractivity contribution in [3.63, 3.8) is 0 Å². The zero-order valence-corrected chi connectivity index (χ0v) is 12.5. The molecule has 1 aliphatic rings. The third-order valence-electron chi connectivity index (χ3n) is 3.42. The summed E-state index contributed by atoms with van der Waals surface area (Å²) in [6.45, 7) is 1.03. The molecular weight excluding hydrogens is 278 g/mol. The Balaban J connectivity index is 2.08. The van der Waals surface area contributed by atoms with Crippen LogP contribution in [0.3, 0.4) is 0 Å². The van der Waals surface area contributed by atoms with E-state index < -0.39 is 9.84 Å². The number of methoxy groups -OCH3 is 1. The van der Waals surface area contributed by atoms with Gasteiger partial charge in [-0.1, -0.05) is 12.1 Å². The molecule has 112 valence electrons. The van der Waals surface area contributed by atoms with Gasteiger partial charge >= 0.3 is 0 Å². The lowest BCUT2D eigenvalue weighted by molar-refractivity contribution is 0.127. The summed E-state index contributed by atoms with van der Waals surface area (Å²) < 4.78 is 34.9. The lowest BCUT2D eigenvalue weighted by Crippen LogP contribution is -2.21. The zero-order chi connectivity index (χ0) is 14.6. The van der Waals surface area contributed by atoms with E-state index >= 15 is 0 Å². The Morgan fingerprint density at radius 2 is 2.25 bits per heavy atom. The molecule has 1 fully saturated rings.